The zero-order valence-electron chi connectivity index (χ0n) is 21.3. The fraction of sp³-hybridized carbons (Fsp3) is 0.577. The minimum Gasteiger partial charge on any atom is -0.394 e. The molecule has 0 amide bonds. The van der Waals surface area contributed by atoms with Crippen LogP contribution in [0.25, 0.3) is 11.2 Å². The molecule has 3 N–H and O–H groups in total. The lowest BCUT2D eigenvalue weighted by Gasteiger charge is -2.29. The minimum atomic E-state index is -1.25. The van der Waals surface area contributed by atoms with E-state index in [2.05, 4.69) is 51.9 Å². The summed E-state index contributed by atoms with van der Waals surface area (Å²) in [6, 6.07) is 8.41. The third kappa shape index (κ3) is 4.37. The van der Waals surface area contributed by atoms with Crippen LogP contribution in [0.1, 0.15) is 65.2 Å². The molecule has 0 radical (unpaired) electrons. The van der Waals surface area contributed by atoms with E-state index in [-0.39, 0.29) is 10.7 Å². The van der Waals surface area contributed by atoms with E-state index in [0.29, 0.717) is 17.0 Å². The first-order chi connectivity index (χ1) is 17.4. The number of aliphatic hydroxyl groups excluding tert-OH is 3. The van der Waals surface area contributed by atoms with Crippen molar-refractivity contribution in [2.45, 2.75) is 83.3 Å². The number of fused-ring (bicyclic) bond motifs is 2. The van der Waals surface area contributed by atoms with Gasteiger partial charge in [0.15, 0.2) is 23.2 Å². The van der Waals surface area contributed by atoms with Crippen LogP contribution in [0.15, 0.2) is 30.6 Å². The second kappa shape index (κ2) is 11.0. The molecule has 5 unspecified atom stereocenters. The first kappa shape index (κ1) is 26.8. The van der Waals surface area contributed by atoms with Crippen molar-refractivity contribution in [1.82, 2.24) is 19.5 Å². The molecule has 36 heavy (non-hydrogen) atoms. The van der Waals surface area contributed by atoms with Gasteiger partial charge < -0.3 is 25.0 Å². The predicted octanol–water partition coefficient (Wildman–Crippen LogP) is 4.11. The van der Waals surface area contributed by atoms with E-state index < -0.39 is 31.1 Å². The molecule has 1 saturated heterocycles. The highest BCUT2D eigenvalue weighted by Gasteiger charge is 2.45. The SMILES string of the molecule is CC.CCCCC1(CC)CN(c2nc(Cl)nc3c2ncn3C2OC(CO)C(O)C2O)c2ccccc21. The Kier molecular flexibility index (Phi) is 8.16. The number of hydrogen-bond acceptors (Lipinski definition) is 8. The largest absolute Gasteiger partial charge is 0.394 e. The molecule has 196 valence electrons. The highest BCUT2D eigenvalue weighted by molar-refractivity contribution is 6.28. The number of para-hydroxylation sites is 1. The van der Waals surface area contributed by atoms with Gasteiger partial charge in [-0.05, 0) is 36.1 Å². The number of benzene rings is 1. The number of ether oxygens (including phenoxy) is 1. The normalized spacial score (nSPS) is 27.3. The number of halogens is 1. The molecule has 10 heteroatoms. The second-order valence-electron chi connectivity index (χ2n) is 9.21. The van der Waals surface area contributed by atoms with Gasteiger partial charge in [0.2, 0.25) is 5.28 Å². The summed E-state index contributed by atoms with van der Waals surface area (Å²) in [5.41, 5.74) is 3.31. The summed E-state index contributed by atoms with van der Waals surface area (Å²) < 4.78 is 7.24. The Hall–Kier alpha value is -2.30. The molecule has 2 aliphatic rings. The fourth-order valence-electron chi connectivity index (χ4n) is 5.39. The Bertz CT molecular complexity index is 1190. The zero-order valence-corrected chi connectivity index (χ0v) is 22.1. The molecule has 0 aliphatic carbocycles. The first-order valence-corrected chi connectivity index (χ1v) is 13.2. The van der Waals surface area contributed by atoms with Gasteiger partial charge in [0.25, 0.3) is 0 Å². The number of hydrogen-bond donors (Lipinski definition) is 3. The molecular formula is C26H36ClN5O4. The van der Waals surface area contributed by atoms with Crippen molar-refractivity contribution in [3.05, 3.63) is 41.4 Å². The third-order valence-corrected chi connectivity index (χ3v) is 7.50. The minimum absolute atomic E-state index is 0.00212. The fourth-order valence-corrected chi connectivity index (χ4v) is 5.55. The van der Waals surface area contributed by atoms with Crippen LogP contribution in [0.2, 0.25) is 5.28 Å². The predicted molar refractivity (Wildman–Crippen MR) is 140 cm³/mol. The molecule has 2 aromatic heterocycles. The molecule has 0 saturated carbocycles. The van der Waals surface area contributed by atoms with Crippen molar-refractivity contribution in [3.63, 3.8) is 0 Å². The molecule has 2 aliphatic heterocycles. The maximum atomic E-state index is 10.5. The molecule has 0 spiro atoms. The van der Waals surface area contributed by atoms with Crippen molar-refractivity contribution >= 4 is 34.3 Å². The van der Waals surface area contributed by atoms with Crippen LogP contribution in [0.5, 0.6) is 0 Å². The number of rotatable bonds is 7. The topological polar surface area (TPSA) is 117 Å². The summed E-state index contributed by atoms with van der Waals surface area (Å²) in [7, 11) is 0. The Labute approximate surface area is 216 Å². The summed E-state index contributed by atoms with van der Waals surface area (Å²) in [4.78, 5) is 15.7. The van der Waals surface area contributed by atoms with Crippen LogP contribution < -0.4 is 4.90 Å². The standard InChI is InChI=1S/C24H30ClN5O4.C2H6/c1-3-5-10-24(4-2)12-29(15-9-7-6-8-14(15)24)20-17-21(28-23(25)27-20)30(13-26-17)22-19(33)18(32)16(11-31)34-22;1-2/h6-9,13,16,18-19,22,31-33H,3-5,10-12H2,1-2H3;1-2H3. The highest BCUT2D eigenvalue weighted by Crippen LogP contribution is 2.49. The summed E-state index contributed by atoms with van der Waals surface area (Å²) in [6.07, 6.45) is 1.51. The Morgan fingerprint density at radius 2 is 1.89 bits per heavy atom. The molecule has 4 heterocycles. The van der Waals surface area contributed by atoms with Gasteiger partial charge in [-0.1, -0.05) is 58.7 Å². The van der Waals surface area contributed by atoms with Gasteiger partial charge in [-0.2, -0.15) is 9.97 Å². The summed E-state index contributed by atoms with van der Waals surface area (Å²) in [5, 5.41) is 30.3. The molecular weight excluding hydrogens is 482 g/mol. The summed E-state index contributed by atoms with van der Waals surface area (Å²) >= 11 is 6.39. The van der Waals surface area contributed by atoms with Crippen LogP contribution in [0, 0.1) is 0 Å². The summed E-state index contributed by atoms with van der Waals surface area (Å²) in [6.45, 7) is 8.78. The molecule has 5 rings (SSSR count). The van der Waals surface area contributed by atoms with Crippen LogP contribution in [-0.4, -0.2) is 66.3 Å². The van der Waals surface area contributed by atoms with E-state index in [1.165, 1.54) is 11.9 Å². The molecule has 5 atom stereocenters. The lowest BCUT2D eigenvalue weighted by molar-refractivity contribution is -0.0511. The van der Waals surface area contributed by atoms with Gasteiger partial charge in [-0.3, -0.25) is 4.57 Å². The van der Waals surface area contributed by atoms with Crippen molar-refractivity contribution in [3.8, 4) is 0 Å². The highest BCUT2D eigenvalue weighted by atomic mass is 35.5. The van der Waals surface area contributed by atoms with Crippen LogP contribution >= 0.6 is 11.6 Å². The van der Waals surface area contributed by atoms with E-state index in [4.69, 9.17) is 16.3 Å². The van der Waals surface area contributed by atoms with E-state index in [9.17, 15) is 15.3 Å². The van der Waals surface area contributed by atoms with Gasteiger partial charge >= 0.3 is 0 Å². The van der Waals surface area contributed by atoms with Crippen molar-refractivity contribution < 1.29 is 20.1 Å². The number of nitrogens with zero attached hydrogens (tertiary/aromatic N) is 5. The Balaban J connectivity index is 0.00000148. The quantitative estimate of drug-likeness (QED) is 0.401. The average molecular weight is 518 g/mol. The smallest absolute Gasteiger partial charge is 0.226 e. The van der Waals surface area contributed by atoms with E-state index in [0.717, 1.165) is 37.9 Å². The molecule has 1 aromatic carbocycles. The van der Waals surface area contributed by atoms with Crippen molar-refractivity contribution in [1.29, 1.82) is 0 Å². The zero-order chi connectivity index (χ0) is 26.0. The van der Waals surface area contributed by atoms with Crippen LogP contribution in [0.3, 0.4) is 0 Å². The van der Waals surface area contributed by atoms with Gasteiger partial charge in [-0.25, -0.2) is 4.98 Å². The van der Waals surface area contributed by atoms with Gasteiger partial charge in [-0.15, -0.1) is 0 Å². The summed E-state index contributed by atoms with van der Waals surface area (Å²) in [5.74, 6) is 0.597. The second-order valence-corrected chi connectivity index (χ2v) is 9.55. The maximum absolute atomic E-state index is 10.5. The van der Waals surface area contributed by atoms with Crippen LogP contribution in [0.4, 0.5) is 11.5 Å². The molecule has 1 fully saturated rings. The lowest BCUT2D eigenvalue weighted by Crippen LogP contribution is -2.33. The maximum Gasteiger partial charge on any atom is 0.226 e. The Morgan fingerprint density at radius 1 is 1.14 bits per heavy atom. The van der Waals surface area contributed by atoms with E-state index in [1.54, 1.807) is 4.57 Å². The first-order valence-electron chi connectivity index (χ1n) is 12.8. The monoisotopic (exact) mass is 517 g/mol. The molecule has 9 nitrogen and oxygen atoms in total. The number of aromatic nitrogens is 4. The number of anilines is 2. The van der Waals surface area contributed by atoms with E-state index in [1.807, 2.05) is 19.9 Å². The van der Waals surface area contributed by atoms with Crippen molar-refractivity contribution in [2.24, 2.45) is 0 Å². The van der Waals surface area contributed by atoms with Crippen LogP contribution in [-0.2, 0) is 10.2 Å². The van der Waals surface area contributed by atoms with Gasteiger partial charge in [0, 0.05) is 17.6 Å². The molecule has 0 bridgehead atoms. The van der Waals surface area contributed by atoms with Gasteiger partial charge in [0.05, 0.1) is 12.9 Å². The van der Waals surface area contributed by atoms with E-state index >= 15 is 0 Å². The van der Waals surface area contributed by atoms with Crippen molar-refractivity contribution in [2.75, 3.05) is 18.1 Å². The number of aliphatic hydroxyl groups is 3. The average Bonchev–Trinajstić information content (AvgIpc) is 3.56. The third-order valence-electron chi connectivity index (χ3n) is 7.34. The van der Waals surface area contributed by atoms with Gasteiger partial charge in [0.1, 0.15) is 18.3 Å². The molecule has 3 aromatic rings. The Morgan fingerprint density at radius 3 is 2.56 bits per heavy atom. The number of unbranched alkanes of at least 4 members (excludes halogenated alkanes) is 1. The number of imidazole rings is 1. The lowest BCUT2D eigenvalue weighted by atomic mass is 9.76.